The van der Waals surface area contributed by atoms with Crippen LogP contribution in [-0.2, 0) is 4.74 Å². The van der Waals surface area contributed by atoms with Gasteiger partial charge in [-0.1, -0.05) is 79.1 Å². The lowest BCUT2D eigenvalue weighted by molar-refractivity contribution is 0.0578. The highest BCUT2D eigenvalue weighted by molar-refractivity contribution is 5.88. The summed E-state index contributed by atoms with van der Waals surface area (Å²) in [4.78, 5) is 20.0. The van der Waals surface area contributed by atoms with Gasteiger partial charge in [0.2, 0.25) is 0 Å². The fraction of sp³-hybridized carbons (Fsp3) is 0.750. The molecule has 7 nitrogen and oxygen atoms in total. The Morgan fingerprint density at radius 1 is 1.03 bits per heavy atom. The molecule has 0 saturated heterocycles. The molecule has 2 aromatic rings. The summed E-state index contributed by atoms with van der Waals surface area (Å²) >= 11 is 0. The smallest absolute Gasteiger partial charge is 0.416 e. The standard InChI is InChI=1S/C28H49N5O2/c1-8-10-12-14-16-18-29-24-20-25(33-26(31-24)23(21-30-33)22(3)4)32(19-17-15-13-11-9-2)27(34)35-28(5,6)7/h20-22H,8-19H2,1-7H3,(H,29,31). The average Bonchev–Trinajstić information content (AvgIpc) is 3.21. The highest BCUT2D eigenvalue weighted by Gasteiger charge is 2.27. The summed E-state index contributed by atoms with van der Waals surface area (Å²) < 4.78 is 7.62. The molecule has 2 heterocycles. The van der Waals surface area contributed by atoms with Crippen molar-refractivity contribution in [2.24, 2.45) is 0 Å². The lowest BCUT2D eigenvalue weighted by atomic mass is 10.1. The molecule has 0 saturated carbocycles. The first-order chi connectivity index (χ1) is 16.7. The molecule has 35 heavy (non-hydrogen) atoms. The normalized spacial score (nSPS) is 11.9. The molecule has 0 bridgehead atoms. The number of nitrogens with zero attached hydrogens (tertiary/aromatic N) is 4. The van der Waals surface area contributed by atoms with Gasteiger partial charge in [0.1, 0.15) is 17.2 Å². The van der Waals surface area contributed by atoms with Crippen molar-refractivity contribution in [1.82, 2.24) is 14.6 Å². The minimum atomic E-state index is -0.573. The first-order valence-electron chi connectivity index (χ1n) is 13.8. The van der Waals surface area contributed by atoms with Crippen molar-refractivity contribution in [3.63, 3.8) is 0 Å². The zero-order chi connectivity index (χ0) is 25.8. The Bertz CT molecular complexity index is 901. The van der Waals surface area contributed by atoms with Crippen LogP contribution in [0.15, 0.2) is 12.3 Å². The van der Waals surface area contributed by atoms with Gasteiger partial charge >= 0.3 is 6.09 Å². The Balaban J connectivity index is 2.36. The Morgan fingerprint density at radius 3 is 2.26 bits per heavy atom. The van der Waals surface area contributed by atoms with E-state index in [9.17, 15) is 4.79 Å². The molecule has 0 atom stereocenters. The second-order valence-corrected chi connectivity index (χ2v) is 10.9. The SMILES string of the molecule is CCCCCCCNc1cc(N(CCCCCCC)C(=O)OC(C)(C)C)n2ncc(C(C)C)c2n1. The minimum absolute atomic E-state index is 0.279. The van der Waals surface area contributed by atoms with Gasteiger partial charge in [0.15, 0.2) is 5.65 Å². The molecule has 0 fully saturated rings. The first-order valence-corrected chi connectivity index (χ1v) is 13.8. The number of anilines is 2. The minimum Gasteiger partial charge on any atom is -0.443 e. The molecular formula is C28H49N5O2. The fourth-order valence-corrected chi connectivity index (χ4v) is 4.09. The van der Waals surface area contributed by atoms with E-state index in [0.29, 0.717) is 12.4 Å². The second kappa shape index (κ2) is 14.3. The Kier molecular flexibility index (Phi) is 11.8. The number of hydrogen-bond acceptors (Lipinski definition) is 5. The van der Waals surface area contributed by atoms with Gasteiger partial charge < -0.3 is 10.1 Å². The van der Waals surface area contributed by atoms with Crippen LogP contribution in [-0.4, -0.2) is 39.4 Å². The molecule has 0 radical (unpaired) electrons. The van der Waals surface area contributed by atoms with E-state index in [0.717, 1.165) is 42.8 Å². The van der Waals surface area contributed by atoms with Crippen molar-refractivity contribution in [1.29, 1.82) is 0 Å². The quantitative estimate of drug-likeness (QED) is 0.258. The number of unbranched alkanes of at least 4 members (excludes halogenated alkanes) is 8. The summed E-state index contributed by atoms with van der Waals surface area (Å²) in [6.45, 7) is 15.9. The highest BCUT2D eigenvalue weighted by atomic mass is 16.6. The maximum absolute atomic E-state index is 13.4. The zero-order valence-electron chi connectivity index (χ0n) is 23.3. The Labute approximate surface area is 213 Å². The summed E-state index contributed by atoms with van der Waals surface area (Å²) in [5.74, 6) is 1.77. The van der Waals surface area contributed by atoms with E-state index in [1.165, 1.54) is 44.9 Å². The molecule has 0 unspecified atom stereocenters. The molecular weight excluding hydrogens is 438 g/mol. The number of carbonyl (C=O) groups excluding carboxylic acids is 1. The molecule has 0 aromatic carbocycles. The van der Waals surface area contributed by atoms with E-state index in [4.69, 9.17) is 9.72 Å². The van der Waals surface area contributed by atoms with Crippen LogP contribution in [0.2, 0.25) is 0 Å². The van der Waals surface area contributed by atoms with Crippen LogP contribution < -0.4 is 10.2 Å². The summed E-state index contributed by atoms with van der Waals surface area (Å²) in [6.07, 6.45) is 13.2. The zero-order valence-corrected chi connectivity index (χ0v) is 23.3. The van der Waals surface area contributed by atoms with Crippen LogP contribution in [0.3, 0.4) is 0 Å². The van der Waals surface area contributed by atoms with E-state index >= 15 is 0 Å². The van der Waals surface area contributed by atoms with Crippen molar-refractivity contribution < 1.29 is 9.53 Å². The predicted molar refractivity (Wildman–Crippen MR) is 147 cm³/mol. The molecule has 1 amide bonds. The monoisotopic (exact) mass is 487 g/mol. The molecule has 0 aliphatic rings. The van der Waals surface area contributed by atoms with Gasteiger partial charge in [-0.2, -0.15) is 9.61 Å². The number of carbonyl (C=O) groups is 1. The lowest BCUT2D eigenvalue weighted by Gasteiger charge is -2.28. The fourth-order valence-electron chi connectivity index (χ4n) is 4.09. The maximum atomic E-state index is 13.4. The van der Waals surface area contributed by atoms with Gasteiger partial charge in [0.05, 0.1) is 6.20 Å². The number of hydrogen-bond donors (Lipinski definition) is 1. The number of amides is 1. The van der Waals surface area contributed by atoms with Gasteiger partial charge in [-0.25, -0.2) is 9.78 Å². The summed E-state index contributed by atoms with van der Waals surface area (Å²) in [5.41, 5.74) is 1.30. The predicted octanol–water partition coefficient (Wildman–Crippen LogP) is 7.95. The summed E-state index contributed by atoms with van der Waals surface area (Å²) in [7, 11) is 0. The molecule has 0 aliphatic heterocycles. The van der Waals surface area contributed by atoms with Gasteiger partial charge in [0, 0.05) is 24.7 Å². The van der Waals surface area contributed by atoms with Gasteiger partial charge in [0.25, 0.3) is 0 Å². The number of nitrogens with one attached hydrogen (secondary N) is 1. The van der Waals surface area contributed by atoms with Crippen LogP contribution >= 0.6 is 0 Å². The number of aromatic nitrogens is 3. The van der Waals surface area contributed by atoms with Crippen LogP contribution in [0.25, 0.3) is 5.65 Å². The van der Waals surface area contributed by atoms with Gasteiger partial charge in [-0.3, -0.25) is 4.90 Å². The largest absolute Gasteiger partial charge is 0.443 e. The summed E-state index contributed by atoms with van der Waals surface area (Å²) in [5, 5.41) is 8.15. The summed E-state index contributed by atoms with van der Waals surface area (Å²) in [6, 6.07) is 1.95. The maximum Gasteiger partial charge on any atom is 0.416 e. The highest BCUT2D eigenvalue weighted by Crippen LogP contribution is 2.27. The van der Waals surface area contributed by atoms with Crippen molar-refractivity contribution in [2.45, 2.75) is 124 Å². The number of rotatable bonds is 15. The second-order valence-electron chi connectivity index (χ2n) is 10.9. The van der Waals surface area contributed by atoms with Gasteiger partial charge in [-0.15, -0.1) is 0 Å². The lowest BCUT2D eigenvalue weighted by Crippen LogP contribution is -2.38. The van der Waals surface area contributed by atoms with E-state index in [1.54, 1.807) is 9.42 Å². The third kappa shape index (κ3) is 9.34. The Morgan fingerprint density at radius 2 is 1.66 bits per heavy atom. The Hall–Kier alpha value is -2.31. The molecule has 1 N–H and O–H groups in total. The first kappa shape index (κ1) is 28.9. The van der Waals surface area contributed by atoms with Crippen LogP contribution in [0.5, 0.6) is 0 Å². The van der Waals surface area contributed by atoms with Crippen molar-refractivity contribution >= 4 is 23.4 Å². The van der Waals surface area contributed by atoms with Crippen molar-refractivity contribution in [3.05, 3.63) is 17.8 Å². The van der Waals surface area contributed by atoms with Crippen LogP contribution in [0.1, 0.15) is 124 Å². The topological polar surface area (TPSA) is 71.8 Å². The molecule has 0 spiro atoms. The third-order valence-corrected chi connectivity index (χ3v) is 6.06. The van der Waals surface area contributed by atoms with Crippen molar-refractivity contribution in [2.75, 3.05) is 23.3 Å². The van der Waals surface area contributed by atoms with E-state index in [1.807, 2.05) is 33.0 Å². The van der Waals surface area contributed by atoms with Gasteiger partial charge in [-0.05, 0) is 39.5 Å². The van der Waals surface area contributed by atoms with Crippen LogP contribution in [0.4, 0.5) is 16.4 Å². The van der Waals surface area contributed by atoms with Crippen molar-refractivity contribution in [3.8, 4) is 0 Å². The molecule has 2 rings (SSSR count). The van der Waals surface area contributed by atoms with E-state index < -0.39 is 5.60 Å². The molecule has 198 valence electrons. The average molecular weight is 488 g/mol. The molecule has 0 aliphatic carbocycles. The van der Waals surface area contributed by atoms with E-state index in [-0.39, 0.29) is 12.0 Å². The third-order valence-electron chi connectivity index (χ3n) is 6.06. The molecule has 7 heteroatoms. The number of ether oxygens (including phenoxy) is 1. The van der Waals surface area contributed by atoms with E-state index in [2.05, 4.69) is 38.1 Å². The number of fused-ring (bicyclic) bond motifs is 1. The molecule has 2 aromatic heterocycles. The van der Waals surface area contributed by atoms with Crippen LogP contribution in [0, 0.1) is 0 Å².